The Morgan fingerprint density at radius 3 is 2.50 bits per heavy atom. The zero-order chi connectivity index (χ0) is 15.0. The molecule has 0 spiro atoms. The van der Waals surface area contributed by atoms with E-state index in [0.29, 0.717) is 0 Å². The van der Waals surface area contributed by atoms with Crippen molar-refractivity contribution in [3.8, 4) is 0 Å². The number of hydrogen-bond donors (Lipinski definition) is 1. The Labute approximate surface area is 113 Å². The van der Waals surface area contributed by atoms with Crippen LogP contribution in [0, 0.1) is 5.92 Å². The van der Waals surface area contributed by atoms with Crippen molar-refractivity contribution < 1.29 is 26.4 Å². The van der Waals surface area contributed by atoms with Gasteiger partial charge in [0.25, 0.3) is 0 Å². The highest BCUT2D eigenvalue weighted by Gasteiger charge is 2.34. The van der Waals surface area contributed by atoms with Crippen molar-refractivity contribution in [2.24, 2.45) is 5.92 Å². The lowest BCUT2D eigenvalue weighted by Gasteiger charge is -2.10. The maximum atomic E-state index is 12.3. The van der Waals surface area contributed by atoms with Gasteiger partial charge >= 0.3 is 6.18 Å². The number of nitrogens with zero attached hydrogens (tertiary/aromatic N) is 1. The van der Waals surface area contributed by atoms with Crippen molar-refractivity contribution >= 4 is 21.4 Å². The Kier molecular flexibility index (Phi) is 3.72. The van der Waals surface area contributed by atoms with E-state index in [4.69, 9.17) is 0 Å². The van der Waals surface area contributed by atoms with Crippen molar-refractivity contribution in [2.75, 3.05) is 16.8 Å². The molecule has 1 unspecified atom stereocenters. The first-order valence-corrected chi connectivity index (χ1v) is 7.54. The summed E-state index contributed by atoms with van der Waals surface area (Å²) in [6.45, 7) is 0. The molecule has 1 atom stereocenters. The Morgan fingerprint density at radius 1 is 1.35 bits per heavy atom. The average Bonchev–Trinajstić information content (AvgIpc) is 2.69. The molecule has 0 aromatic carbocycles. The van der Waals surface area contributed by atoms with Gasteiger partial charge < -0.3 is 5.32 Å². The predicted molar refractivity (Wildman–Crippen MR) is 64.6 cm³/mol. The van der Waals surface area contributed by atoms with E-state index < -0.39 is 33.5 Å². The van der Waals surface area contributed by atoms with Crippen LogP contribution in [0.3, 0.4) is 0 Å². The fourth-order valence-electron chi connectivity index (χ4n) is 1.88. The molecule has 2 rings (SSSR count). The lowest BCUT2D eigenvalue weighted by molar-refractivity contribution is -0.141. The Morgan fingerprint density at radius 2 is 2.05 bits per heavy atom. The van der Waals surface area contributed by atoms with Crippen molar-refractivity contribution in [1.29, 1.82) is 0 Å². The van der Waals surface area contributed by atoms with E-state index in [1.165, 1.54) is 0 Å². The van der Waals surface area contributed by atoms with Crippen molar-refractivity contribution in [3.05, 3.63) is 24.0 Å². The van der Waals surface area contributed by atoms with Crippen LogP contribution < -0.4 is 5.32 Å². The number of anilines is 1. The summed E-state index contributed by atoms with van der Waals surface area (Å²) in [6, 6.07) is 1.83. The number of aromatic nitrogens is 1. The SMILES string of the molecule is O=C(Nc1ccc(C(F)(F)F)nc1)C1CCS(=O)(=O)C1. The minimum absolute atomic E-state index is 0.0453. The molecule has 1 aromatic rings. The monoisotopic (exact) mass is 308 g/mol. The molecule has 20 heavy (non-hydrogen) atoms. The number of sulfone groups is 1. The highest BCUT2D eigenvalue weighted by Crippen LogP contribution is 2.28. The third kappa shape index (κ3) is 3.47. The molecule has 2 heterocycles. The summed E-state index contributed by atoms with van der Waals surface area (Å²) in [5, 5.41) is 2.37. The molecule has 5 nitrogen and oxygen atoms in total. The van der Waals surface area contributed by atoms with E-state index in [-0.39, 0.29) is 23.6 Å². The topological polar surface area (TPSA) is 76.1 Å². The second kappa shape index (κ2) is 5.04. The number of halogens is 3. The number of alkyl halides is 3. The number of carbonyl (C=O) groups excluding carboxylic acids is 1. The molecule has 0 aliphatic carbocycles. The Hall–Kier alpha value is -1.64. The summed E-state index contributed by atoms with van der Waals surface area (Å²) in [5.74, 6) is -1.46. The summed E-state index contributed by atoms with van der Waals surface area (Å²) in [6.07, 6.45) is -3.42. The van der Waals surface area contributed by atoms with E-state index in [1.807, 2.05) is 0 Å². The second-order valence-corrected chi connectivity index (χ2v) is 6.75. The molecule has 1 saturated heterocycles. The summed E-state index contributed by atoms with van der Waals surface area (Å²) >= 11 is 0. The van der Waals surface area contributed by atoms with Gasteiger partial charge in [-0.2, -0.15) is 13.2 Å². The number of pyridine rings is 1. The summed E-state index contributed by atoms with van der Waals surface area (Å²) in [4.78, 5) is 15.0. The van der Waals surface area contributed by atoms with Crippen LogP contribution in [0.15, 0.2) is 18.3 Å². The normalized spacial score (nSPS) is 21.6. The molecular weight excluding hydrogens is 297 g/mol. The highest BCUT2D eigenvalue weighted by atomic mass is 32.2. The Bertz CT molecular complexity index is 611. The third-order valence-electron chi connectivity index (χ3n) is 2.92. The number of amides is 1. The zero-order valence-electron chi connectivity index (χ0n) is 10.1. The number of nitrogens with one attached hydrogen (secondary N) is 1. The third-order valence-corrected chi connectivity index (χ3v) is 4.69. The zero-order valence-corrected chi connectivity index (χ0v) is 11.0. The summed E-state index contributed by atoms with van der Waals surface area (Å²) in [7, 11) is -3.18. The van der Waals surface area contributed by atoms with Crippen LogP contribution in [0.4, 0.5) is 18.9 Å². The Balaban J connectivity index is 2.02. The minimum atomic E-state index is -4.54. The first-order valence-electron chi connectivity index (χ1n) is 5.72. The first kappa shape index (κ1) is 14.8. The van der Waals surface area contributed by atoms with Gasteiger partial charge in [-0.05, 0) is 18.6 Å². The number of carbonyl (C=O) groups is 1. The predicted octanol–water partition coefficient (Wildman–Crippen LogP) is 1.47. The number of rotatable bonds is 2. The average molecular weight is 308 g/mol. The van der Waals surface area contributed by atoms with Gasteiger partial charge in [-0.25, -0.2) is 13.4 Å². The fourth-order valence-corrected chi connectivity index (χ4v) is 3.62. The van der Waals surface area contributed by atoms with Crippen molar-refractivity contribution in [2.45, 2.75) is 12.6 Å². The van der Waals surface area contributed by atoms with Gasteiger partial charge in [0.1, 0.15) is 5.69 Å². The summed E-state index contributed by atoms with van der Waals surface area (Å²) < 4.78 is 59.4. The lowest BCUT2D eigenvalue weighted by Crippen LogP contribution is -2.23. The minimum Gasteiger partial charge on any atom is -0.324 e. The van der Waals surface area contributed by atoms with Gasteiger partial charge in [-0.1, -0.05) is 0 Å². The molecular formula is C11H11F3N2O3S. The molecule has 1 aromatic heterocycles. The number of hydrogen-bond acceptors (Lipinski definition) is 4. The van der Waals surface area contributed by atoms with Crippen LogP contribution in [0.2, 0.25) is 0 Å². The van der Waals surface area contributed by atoms with Crippen molar-refractivity contribution in [3.63, 3.8) is 0 Å². The largest absolute Gasteiger partial charge is 0.433 e. The smallest absolute Gasteiger partial charge is 0.324 e. The van der Waals surface area contributed by atoms with Crippen LogP contribution in [0.5, 0.6) is 0 Å². The van der Waals surface area contributed by atoms with Gasteiger partial charge in [0.2, 0.25) is 5.91 Å². The van der Waals surface area contributed by atoms with Crippen LogP contribution in [-0.2, 0) is 20.8 Å². The van der Waals surface area contributed by atoms with Gasteiger partial charge in [-0.3, -0.25) is 4.79 Å². The quantitative estimate of drug-likeness (QED) is 0.897. The molecule has 0 radical (unpaired) electrons. The van der Waals surface area contributed by atoms with Crippen LogP contribution in [0.1, 0.15) is 12.1 Å². The fraction of sp³-hybridized carbons (Fsp3) is 0.455. The standard InChI is InChI=1S/C11H11F3N2O3S/c12-11(13,14)9-2-1-8(5-15-9)16-10(17)7-3-4-20(18,19)6-7/h1-2,5,7H,3-4,6H2,(H,16,17). The molecule has 1 aliphatic rings. The maximum absolute atomic E-state index is 12.3. The molecule has 1 amide bonds. The van der Waals surface area contributed by atoms with Crippen LogP contribution >= 0.6 is 0 Å². The van der Waals surface area contributed by atoms with Gasteiger partial charge in [-0.15, -0.1) is 0 Å². The van der Waals surface area contributed by atoms with E-state index in [2.05, 4.69) is 10.3 Å². The summed E-state index contributed by atoms with van der Waals surface area (Å²) in [5.41, 5.74) is -0.953. The molecule has 1 aliphatic heterocycles. The molecule has 0 bridgehead atoms. The molecule has 1 N–H and O–H groups in total. The van der Waals surface area contributed by atoms with E-state index in [0.717, 1.165) is 18.3 Å². The van der Waals surface area contributed by atoms with Gasteiger partial charge in [0, 0.05) is 0 Å². The molecule has 110 valence electrons. The molecule has 1 fully saturated rings. The molecule has 0 saturated carbocycles. The van der Waals surface area contributed by atoms with E-state index >= 15 is 0 Å². The second-order valence-electron chi connectivity index (χ2n) is 4.52. The van der Waals surface area contributed by atoms with E-state index in [9.17, 15) is 26.4 Å². The van der Waals surface area contributed by atoms with Gasteiger partial charge in [0.15, 0.2) is 9.84 Å². The molecule has 9 heteroatoms. The van der Waals surface area contributed by atoms with Crippen molar-refractivity contribution in [1.82, 2.24) is 4.98 Å². The van der Waals surface area contributed by atoms with Gasteiger partial charge in [0.05, 0.1) is 29.3 Å². The van der Waals surface area contributed by atoms with Crippen LogP contribution in [-0.4, -0.2) is 30.8 Å². The highest BCUT2D eigenvalue weighted by molar-refractivity contribution is 7.91. The first-order chi connectivity index (χ1) is 9.17. The lowest BCUT2D eigenvalue weighted by atomic mass is 10.1. The van der Waals surface area contributed by atoms with E-state index in [1.54, 1.807) is 0 Å². The maximum Gasteiger partial charge on any atom is 0.433 e. The van der Waals surface area contributed by atoms with Crippen LogP contribution in [0.25, 0.3) is 0 Å².